The van der Waals surface area contributed by atoms with Gasteiger partial charge in [-0.2, -0.15) is 0 Å². The number of ether oxygens (including phenoxy) is 2. The van der Waals surface area contributed by atoms with Crippen molar-refractivity contribution in [2.75, 3.05) is 6.61 Å². The van der Waals surface area contributed by atoms with Crippen molar-refractivity contribution in [1.29, 1.82) is 0 Å². The van der Waals surface area contributed by atoms with Gasteiger partial charge in [0, 0.05) is 0 Å². The molecule has 1 saturated heterocycles. The molecule has 70 valence electrons. The predicted octanol–water partition coefficient (Wildman–Crippen LogP) is 1.99. The van der Waals surface area contributed by atoms with Gasteiger partial charge in [0.25, 0.3) is 0 Å². The minimum atomic E-state index is -0.324. The Morgan fingerprint density at radius 3 is 2.85 bits per heavy atom. The van der Waals surface area contributed by atoms with E-state index in [9.17, 15) is 4.39 Å². The number of rotatable bonds is 3. The average molecular weight is 182 g/mol. The van der Waals surface area contributed by atoms with Gasteiger partial charge in [-0.1, -0.05) is 12.1 Å². The Morgan fingerprint density at radius 1 is 1.54 bits per heavy atom. The third kappa shape index (κ3) is 1.98. The monoisotopic (exact) mass is 182 g/mol. The van der Waals surface area contributed by atoms with Crippen LogP contribution in [0.4, 0.5) is 4.39 Å². The fourth-order valence-electron chi connectivity index (χ4n) is 1.14. The maximum atomic E-state index is 13.1. The van der Waals surface area contributed by atoms with Crippen LogP contribution in [-0.4, -0.2) is 18.8 Å². The lowest BCUT2D eigenvalue weighted by Gasteiger charge is -2.12. The molecule has 3 heteroatoms. The smallest absolute Gasteiger partial charge is 0.165 e. The molecule has 13 heavy (non-hydrogen) atoms. The van der Waals surface area contributed by atoms with E-state index >= 15 is 0 Å². The van der Waals surface area contributed by atoms with Crippen molar-refractivity contribution < 1.29 is 13.9 Å². The molecule has 0 N–H and O–H groups in total. The second-order valence-corrected chi connectivity index (χ2v) is 3.13. The highest BCUT2D eigenvalue weighted by atomic mass is 19.1. The number of para-hydroxylation sites is 1. The van der Waals surface area contributed by atoms with E-state index < -0.39 is 0 Å². The van der Waals surface area contributed by atoms with Gasteiger partial charge < -0.3 is 9.47 Å². The standard InChI is InChI=1S/C10H11FO2/c1-7(10-6-12-10)13-9-5-3-2-4-8(9)11/h2-5,7,10H,6H2,1H3/t7-,10-/m0/s1. The first-order valence-corrected chi connectivity index (χ1v) is 4.30. The molecular formula is C10H11FO2. The van der Waals surface area contributed by atoms with Crippen LogP contribution in [0.1, 0.15) is 6.92 Å². The minimum absolute atomic E-state index is 0.0723. The lowest BCUT2D eigenvalue weighted by atomic mass is 10.3. The number of epoxide rings is 1. The molecule has 0 amide bonds. The van der Waals surface area contributed by atoms with Crippen molar-refractivity contribution in [2.45, 2.75) is 19.1 Å². The summed E-state index contributed by atoms with van der Waals surface area (Å²) in [5.74, 6) is -0.0273. The molecule has 1 aliphatic rings. The van der Waals surface area contributed by atoms with Gasteiger partial charge in [0.1, 0.15) is 12.2 Å². The van der Waals surface area contributed by atoms with Crippen LogP contribution >= 0.6 is 0 Å². The van der Waals surface area contributed by atoms with Crippen LogP contribution in [-0.2, 0) is 4.74 Å². The molecule has 1 aliphatic heterocycles. The molecule has 0 unspecified atom stereocenters. The normalized spacial score (nSPS) is 22.5. The van der Waals surface area contributed by atoms with Gasteiger partial charge in [-0.15, -0.1) is 0 Å². The van der Waals surface area contributed by atoms with Gasteiger partial charge in [0.15, 0.2) is 11.6 Å². The summed E-state index contributed by atoms with van der Waals surface area (Å²) in [5.41, 5.74) is 0. The molecule has 0 aliphatic carbocycles. The minimum Gasteiger partial charge on any atom is -0.485 e. The van der Waals surface area contributed by atoms with Crippen LogP contribution in [0.2, 0.25) is 0 Å². The molecule has 1 heterocycles. The van der Waals surface area contributed by atoms with Crippen molar-refractivity contribution >= 4 is 0 Å². The molecule has 2 nitrogen and oxygen atoms in total. The molecule has 0 saturated carbocycles. The largest absolute Gasteiger partial charge is 0.485 e. The molecule has 0 aromatic heterocycles. The Morgan fingerprint density at radius 2 is 2.23 bits per heavy atom. The van der Waals surface area contributed by atoms with E-state index in [-0.39, 0.29) is 18.0 Å². The van der Waals surface area contributed by atoms with Crippen LogP contribution < -0.4 is 4.74 Å². The number of halogens is 1. The zero-order chi connectivity index (χ0) is 9.26. The molecule has 1 aromatic carbocycles. The number of hydrogen-bond acceptors (Lipinski definition) is 2. The molecular weight excluding hydrogens is 171 g/mol. The predicted molar refractivity (Wildman–Crippen MR) is 46.2 cm³/mol. The summed E-state index contributed by atoms with van der Waals surface area (Å²) in [7, 11) is 0. The van der Waals surface area contributed by atoms with Gasteiger partial charge in [-0.05, 0) is 19.1 Å². The Hall–Kier alpha value is -1.09. The van der Waals surface area contributed by atoms with E-state index in [1.54, 1.807) is 18.2 Å². The van der Waals surface area contributed by atoms with Crippen LogP contribution in [0, 0.1) is 5.82 Å². The Bertz CT molecular complexity index is 297. The fraction of sp³-hybridized carbons (Fsp3) is 0.400. The maximum absolute atomic E-state index is 13.1. The van der Waals surface area contributed by atoms with E-state index in [0.717, 1.165) is 6.61 Å². The van der Waals surface area contributed by atoms with Gasteiger partial charge in [-0.25, -0.2) is 4.39 Å². The van der Waals surface area contributed by atoms with E-state index in [1.165, 1.54) is 6.07 Å². The quantitative estimate of drug-likeness (QED) is 0.667. The van der Waals surface area contributed by atoms with Gasteiger partial charge >= 0.3 is 0 Å². The third-order valence-electron chi connectivity index (χ3n) is 2.03. The highest BCUT2D eigenvalue weighted by Gasteiger charge is 2.31. The number of benzene rings is 1. The highest BCUT2D eigenvalue weighted by Crippen LogP contribution is 2.22. The average Bonchev–Trinajstić information content (AvgIpc) is 2.91. The van der Waals surface area contributed by atoms with E-state index in [1.807, 2.05) is 6.92 Å². The summed E-state index contributed by atoms with van der Waals surface area (Å²) in [6.45, 7) is 2.60. The molecule has 2 rings (SSSR count). The summed E-state index contributed by atoms with van der Waals surface area (Å²) < 4.78 is 23.5. The Labute approximate surface area is 76.3 Å². The van der Waals surface area contributed by atoms with E-state index in [2.05, 4.69) is 0 Å². The second-order valence-electron chi connectivity index (χ2n) is 3.13. The topological polar surface area (TPSA) is 21.8 Å². The summed E-state index contributed by atoms with van der Waals surface area (Å²) >= 11 is 0. The fourth-order valence-corrected chi connectivity index (χ4v) is 1.14. The summed E-state index contributed by atoms with van der Waals surface area (Å²) in [5, 5.41) is 0. The van der Waals surface area contributed by atoms with E-state index in [0.29, 0.717) is 5.75 Å². The first kappa shape index (κ1) is 8.51. The third-order valence-corrected chi connectivity index (χ3v) is 2.03. The molecule has 0 radical (unpaired) electrons. The summed E-state index contributed by atoms with van der Waals surface area (Å²) in [6.07, 6.45) is 0.0662. The van der Waals surface area contributed by atoms with Gasteiger partial charge in [0.2, 0.25) is 0 Å². The van der Waals surface area contributed by atoms with Crippen LogP contribution in [0.15, 0.2) is 24.3 Å². The lowest BCUT2D eigenvalue weighted by Crippen LogP contribution is -2.19. The summed E-state index contributed by atoms with van der Waals surface area (Å²) in [6, 6.07) is 6.39. The van der Waals surface area contributed by atoms with Gasteiger partial charge in [0.05, 0.1) is 6.61 Å². The molecule has 0 bridgehead atoms. The van der Waals surface area contributed by atoms with Crippen molar-refractivity contribution in [3.05, 3.63) is 30.1 Å². The van der Waals surface area contributed by atoms with Crippen LogP contribution in [0.5, 0.6) is 5.75 Å². The molecule has 0 spiro atoms. The molecule has 2 atom stereocenters. The van der Waals surface area contributed by atoms with Crippen LogP contribution in [0.25, 0.3) is 0 Å². The molecule has 1 fully saturated rings. The Kier molecular flexibility index (Phi) is 2.19. The zero-order valence-corrected chi connectivity index (χ0v) is 7.37. The van der Waals surface area contributed by atoms with Crippen LogP contribution in [0.3, 0.4) is 0 Å². The van der Waals surface area contributed by atoms with E-state index in [4.69, 9.17) is 9.47 Å². The first-order chi connectivity index (χ1) is 6.27. The highest BCUT2D eigenvalue weighted by molar-refractivity contribution is 5.24. The first-order valence-electron chi connectivity index (χ1n) is 4.30. The van der Waals surface area contributed by atoms with Crippen molar-refractivity contribution in [1.82, 2.24) is 0 Å². The molecule has 1 aromatic rings. The van der Waals surface area contributed by atoms with Crippen molar-refractivity contribution in [2.24, 2.45) is 0 Å². The second kappa shape index (κ2) is 3.34. The summed E-state index contributed by atoms with van der Waals surface area (Å²) in [4.78, 5) is 0. The van der Waals surface area contributed by atoms with Gasteiger partial charge in [-0.3, -0.25) is 0 Å². The van der Waals surface area contributed by atoms with Crippen molar-refractivity contribution in [3.8, 4) is 5.75 Å². The maximum Gasteiger partial charge on any atom is 0.165 e. The SMILES string of the molecule is C[C@H](Oc1ccccc1F)[C@@H]1CO1. The van der Waals surface area contributed by atoms with Crippen molar-refractivity contribution in [3.63, 3.8) is 0 Å². The zero-order valence-electron chi connectivity index (χ0n) is 7.37. The lowest BCUT2D eigenvalue weighted by molar-refractivity contribution is 0.169. The number of hydrogen-bond donors (Lipinski definition) is 0. The Balaban J connectivity index is 2.03.